The number of ether oxygens (including phenoxy) is 2. The summed E-state index contributed by atoms with van der Waals surface area (Å²) in [5.74, 6) is 4.39. The van der Waals surface area contributed by atoms with Crippen LogP contribution in [0.25, 0.3) is 6.08 Å². The highest BCUT2D eigenvalue weighted by Crippen LogP contribution is 2.33. The van der Waals surface area contributed by atoms with E-state index in [0.29, 0.717) is 22.9 Å². The maximum absolute atomic E-state index is 13.4. The van der Waals surface area contributed by atoms with Crippen molar-refractivity contribution in [1.82, 2.24) is 4.98 Å². The second-order valence-corrected chi connectivity index (χ2v) is 6.97. The van der Waals surface area contributed by atoms with Gasteiger partial charge in [-0.2, -0.15) is 0 Å². The number of anilines is 1. The summed E-state index contributed by atoms with van der Waals surface area (Å²) in [6.07, 6.45) is 14.5. The minimum absolute atomic E-state index is 0.115. The number of benzene rings is 1. The monoisotopic (exact) mass is 374 g/mol. The first-order chi connectivity index (χ1) is 13.8. The molecule has 0 radical (unpaired) electrons. The average molecular weight is 374 g/mol. The van der Waals surface area contributed by atoms with Crippen LogP contribution in [0, 0.1) is 12.3 Å². The number of fused-ring (bicyclic) bond motifs is 1. The third-order valence-corrected chi connectivity index (χ3v) is 5.15. The molecule has 0 bridgehead atoms. The van der Waals surface area contributed by atoms with Crippen molar-refractivity contribution in [2.45, 2.75) is 38.1 Å². The smallest absolute Gasteiger partial charge is 0.268 e. The normalized spacial score (nSPS) is 16.5. The fourth-order valence-electron chi connectivity index (χ4n) is 3.76. The zero-order chi connectivity index (χ0) is 19.3. The highest BCUT2D eigenvalue weighted by molar-refractivity contribution is 6.11. The van der Waals surface area contributed by atoms with Crippen molar-refractivity contribution in [3.05, 3.63) is 53.7 Å². The molecule has 2 heterocycles. The number of hydrogen-bond acceptors (Lipinski definition) is 4. The Morgan fingerprint density at radius 2 is 1.96 bits per heavy atom. The molecule has 1 amide bonds. The maximum atomic E-state index is 13.4. The molecule has 1 aromatic heterocycles. The Morgan fingerprint density at radius 1 is 1.14 bits per heavy atom. The fraction of sp³-hybridized carbons (Fsp3) is 0.304. The molecule has 4 rings (SSSR count). The largest absolute Gasteiger partial charge is 0.454 e. The quantitative estimate of drug-likeness (QED) is 0.595. The predicted molar refractivity (Wildman–Crippen MR) is 108 cm³/mol. The molecule has 1 aliphatic heterocycles. The summed E-state index contributed by atoms with van der Waals surface area (Å²) in [7, 11) is 0. The summed E-state index contributed by atoms with van der Waals surface area (Å²) in [5.41, 5.74) is 1.10. The van der Waals surface area contributed by atoms with Crippen LogP contribution in [0.15, 0.2) is 48.2 Å². The molecule has 1 fully saturated rings. The van der Waals surface area contributed by atoms with E-state index in [-0.39, 0.29) is 18.7 Å². The Balaban J connectivity index is 1.67. The number of carbonyl (C=O) groups excluding carboxylic acids is 1. The van der Waals surface area contributed by atoms with Crippen LogP contribution in [0.4, 0.5) is 5.82 Å². The second-order valence-electron chi connectivity index (χ2n) is 6.97. The lowest BCUT2D eigenvalue weighted by Gasteiger charge is -2.33. The molecule has 0 unspecified atom stereocenters. The van der Waals surface area contributed by atoms with E-state index in [2.05, 4.69) is 10.9 Å². The second kappa shape index (κ2) is 8.18. The van der Waals surface area contributed by atoms with Crippen molar-refractivity contribution < 1.29 is 14.3 Å². The van der Waals surface area contributed by atoms with Gasteiger partial charge in [0.1, 0.15) is 5.82 Å². The first kappa shape index (κ1) is 18.1. The van der Waals surface area contributed by atoms with E-state index < -0.39 is 0 Å². The van der Waals surface area contributed by atoms with Crippen LogP contribution >= 0.6 is 0 Å². The molecular weight excluding hydrogens is 352 g/mol. The number of terminal acetylenes is 1. The standard InChI is InChI=1S/C23H22N2O3/c1-2-18(14-17-11-12-20-21(15-17)28-16-27-20)23(26)25(19-8-4-3-5-9-19)22-10-6-7-13-24-22/h1,6-7,10-15,19H,3-5,8-9,16H2/b18-14+. The van der Waals surface area contributed by atoms with Crippen LogP contribution < -0.4 is 14.4 Å². The Labute approximate surface area is 165 Å². The lowest BCUT2D eigenvalue weighted by Crippen LogP contribution is -2.42. The maximum Gasteiger partial charge on any atom is 0.268 e. The molecule has 0 saturated heterocycles. The molecule has 28 heavy (non-hydrogen) atoms. The van der Waals surface area contributed by atoms with Crippen LogP contribution in [0.2, 0.25) is 0 Å². The van der Waals surface area contributed by atoms with Gasteiger partial charge in [0.05, 0.1) is 5.57 Å². The number of rotatable bonds is 4. The van der Waals surface area contributed by atoms with Gasteiger partial charge in [-0.15, -0.1) is 6.42 Å². The highest BCUT2D eigenvalue weighted by Gasteiger charge is 2.29. The SMILES string of the molecule is C#C/C(=C\c1ccc2c(c1)OCO2)C(=O)N(c1ccccn1)C1CCCCC1. The fourth-order valence-corrected chi connectivity index (χ4v) is 3.76. The molecule has 1 aromatic carbocycles. The Hall–Kier alpha value is -3.26. The summed E-state index contributed by atoms with van der Waals surface area (Å²) in [4.78, 5) is 19.6. The van der Waals surface area contributed by atoms with Crippen molar-refractivity contribution in [3.63, 3.8) is 0 Å². The number of nitrogens with zero attached hydrogens (tertiary/aromatic N) is 2. The number of amides is 1. The first-order valence-electron chi connectivity index (χ1n) is 9.59. The van der Waals surface area contributed by atoms with Crippen LogP contribution in [0.3, 0.4) is 0 Å². The average Bonchev–Trinajstić information content (AvgIpc) is 3.21. The van der Waals surface area contributed by atoms with Crippen molar-refractivity contribution in [3.8, 4) is 23.8 Å². The van der Waals surface area contributed by atoms with Crippen LogP contribution in [0.1, 0.15) is 37.7 Å². The number of carbonyl (C=O) groups is 1. The summed E-state index contributed by atoms with van der Waals surface area (Å²) in [5, 5.41) is 0. The van der Waals surface area contributed by atoms with Gasteiger partial charge in [-0.3, -0.25) is 9.69 Å². The zero-order valence-electron chi connectivity index (χ0n) is 15.6. The van der Waals surface area contributed by atoms with Gasteiger partial charge in [0, 0.05) is 12.2 Å². The van der Waals surface area contributed by atoms with Crippen LogP contribution in [0.5, 0.6) is 11.5 Å². The van der Waals surface area contributed by atoms with Gasteiger partial charge in [-0.1, -0.05) is 37.3 Å². The Kier molecular flexibility index (Phi) is 5.29. The van der Waals surface area contributed by atoms with Gasteiger partial charge in [0.2, 0.25) is 6.79 Å². The predicted octanol–water partition coefficient (Wildman–Crippen LogP) is 4.19. The zero-order valence-corrected chi connectivity index (χ0v) is 15.6. The van der Waals surface area contributed by atoms with E-state index in [1.807, 2.05) is 36.4 Å². The van der Waals surface area contributed by atoms with Crippen LogP contribution in [-0.2, 0) is 4.79 Å². The molecule has 0 N–H and O–H groups in total. The Bertz CT molecular complexity index is 925. The molecule has 1 aliphatic carbocycles. The van der Waals surface area contributed by atoms with Crippen molar-refractivity contribution >= 4 is 17.8 Å². The van der Waals surface area contributed by atoms with E-state index in [4.69, 9.17) is 15.9 Å². The van der Waals surface area contributed by atoms with Gasteiger partial charge in [0.25, 0.3) is 5.91 Å². The third-order valence-electron chi connectivity index (χ3n) is 5.15. The van der Waals surface area contributed by atoms with E-state index in [1.165, 1.54) is 6.42 Å². The molecular formula is C23H22N2O3. The number of aromatic nitrogens is 1. The molecule has 1 saturated carbocycles. The molecule has 5 nitrogen and oxygen atoms in total. The topological polar surface area (TPSA) is 51.7 Å². The summed E-state index contributed by atoms with van der Waals surface area (Å²) in [6.45, 7) is 0.207. The van der Waals surface area contributed by atoms with Crippen molar-refractivity contribution in [1.29, 1.82) is 0 Å². The lowest BCUT2D eigenvalue weighted by atomic mass is 9.93. The molecule has 2 aliphatic rings. The van der Waals surface area contributed by atoms with E-state index in [0.717, 1.165) is 31.2 Å². The molecule has 0 atom stereocenters. The lowest BCUT2D eigenvalue weighted by molar-refractivity contribution is -0.115. The first-order valence-corrected chi connectivity index (χ1v) is 9.59. The highest BCUT2D eigenvalue weighted by atomic mass is 16.7. The molecule has 0 spiro atoms. The number of pyridine rings is 1. The third kappa shape index (κ3) is 3.72. The summed E-state index contributed by atoms with van der Waals surface area (Å²) in [6, 6.07) is 11.2. The summed E-state index contributed by atoms with van der Waals surface area (Å²) < 4.78 is 10.8. The minimum Gasteiger partial charge on any atom is -0.454 e. The van der Waals surface area contributed by atoms with Gasteiger partial charge in [-0.25, -0.2) is 4.98 Å². The molecule has 5 heteroatoms. The van der Waals surface area contributed by atoms with Gasteiger partial charge >= 0.3 is 0 Å². The van der Waals surface area contributed by atoms with Crippen molar-refractivity contribution in [2.24, 2.45) is 0 Å². The Morgan fingerprint density at radius 3 is 2.71 bits per heavy atom. The van der Waals surface area contributed by atoms with Crippen molar-refractivity contribution in [2.75, 3.05) is 11.7 Å². The number of hydrogen-bond donors (Lipinski definition) is 0. The molecule has 2 aromatic rings. The van der Waals surface area contributed by atoms with E-state index >= 15 is 0 Å². The van der Waals surface area contributed by atoms with Gasteiger partial charge < -0.3 is 9.47 Å². The molecule has 142 valence electrons. The van der Waals surface area contributed by atoms with E-state index in [9.17, 15) is 4.79 Å². The van der Waals surface area contributed by atoms with Crippen LogP contribution in [-0.4, -0.2) is 23.7 Å². The van der Waals surface area contributed by atoms with Gasteiger partial charge in [0.15, 0.2) is 11.5 Å². The minimum atomic E-state index is -0.189. The van der Waals surface area contributed by atoms with E-state index in [1.54, 1.807) is 17.2 Å². The van der Waals surface area contributed by atoms with Gasteiger partial charge in [-0.05, 0) is 48.7 Å². The summed E-state index contributed by atoms with van der Waals surface area (Å²) >= 11 is 0.